The van der Waals surface area contributed by atoms with Gasteiger partial charge in [0.25, 0.3) is 5.88 Å². The van der Waals surface area contributed by atoms with Crippen molar-refractivity contribution in [2.24, 2.45) is 0 Å². The molecule has 154 valence electrons. The van der Waals surface area contributed by atoms with Crippen molar-refractivity contribution in [3.63, 3.8) is 0 Å². The molecule has 0 radical (unpaired) electrons. The molecule has 1 saturated carbocycles. The first kappa shape index (κ1) is 20.8. The van der Waals surface area contributed by atoms with Gasteiger partial charge >= 0.3 is 0 Å². The Labute approximate surface area is 166 Å². The average molecular weight is 408 g/mol. The number of hydrogen-bond donors (Lipinski definition) is 0. The topological polar surface area (TPSA) is 88.7 Å². The second-order valence-corrected chi connectivity index (χ2v) is 13.3. The molecule has 1 fully saturated rings. The van der Waals surface area contributed by atoms with Crippen molar-refractivity contribution in [1.29, 1.82) is 0 Å². The minimum Gasteiger partial charge on any atom is -0.473 e. The Morgan fingerprint density at radius 3 is 2.46 bits per heavy atom. The van der Waals surface area contributed by atoms with Crippen LogP contribution in [0, 0.1) is 0 Å². The number of hydrogen-bond acceptors (Lipinski definition) is 8. The highest BCUT2D eigenvalue weighted by Crippen LogP contribution is 2.40. The molecule has 2 heterocycles. The molecule has 0 atom stereocenters. The molecule has 2 aromatic heterocycles. The van der Waals surface area contributed by atoms with Gasteiger partial charge in [-0.2, -0.15) is 0 Å². The van der Waals surface area contributed by atoms with E-state index in [0.717, 1.165) is 12.8 Å². The number of aromatic nitrogens is 3. The van der Waals surface area contributed by atoms with Crippen LogP contribution in [0.4, 0.5) is 0 Å². The lowest BCUT2D eigenvalue weighted by Crippen LogP contribution is -2.50. The monoisotopic (exact) mass is 407 g/mol. The van der Waals surface area contributed by atoms with Crippen LogP contribution in [0.15, 0.2) is 23.0 Å². The third-order valence-electron chi connectivity index (χ3n) is 5.30. The first-order valence-corrected chi connectivity index (χ1v) is 12.3. The second kappa shape index (κ2) is 8.18. The van der Waals surface area contributed by atoms with Crippen LogP contribution in [0.25, 0.3) is 11.5 Å². The van der Waals surface area contributed by atoms with E-state index < -0.39 is 8.32 Å². The van der Waals surface area contributed by atoms with E-state index in [1.54, 1.807) is 18.5 Å². The summed E-state index contributed by atoms with van der Waals surface area (Å²) >= 11 is 0. The number of methoxy groups -OCH3 is 1. The van der Waals surface area contributed by atoms with E-state index in [4.69, 9.17) is 23.2 Å². The zero-order valence-corrected chi connectivity index (χ0v) is 18.4. The predicted octanol–water partition coefficient (Wildman–Crippen LogP) is 4.05. The number of rotatable bonds is 8. The number of nitrogens with zero attached hydrogens (tertiary/aromatic N) is 3. The normalized spacial score (nSPS) is 19.9. The highest BCUT2D eigenvalue weighted by Gasteiger charge is 2.43. The fraction of sp³-hybridized carbons (Fsp3) is 0.632. The molecule has 0 bridgehead atoms. The molecule has 9 heteroatoms. The van der Waals surface area contributed by atoms with Crippen molar-refractivity contribution in [3.8, 4) is 23.2 Å². The minimum atomic E-state index is -1.73. The summed E-state index contributed by atoms with van der Waals surface area (Å²) in [6.07, 6.45) is 5.36. The zero-order valence-electron chi connectivity index (χ0n) is 17.4. The van der Waals surface area contributed by atoms with Gasteiger partial charge in [0, 0.05) is 20.0 Å². The van der Waals surface area contributed by atoms with Crippen molar-refractivity contribution in [1.82, 2.24) is 15.1 Å². The Kier molecular flexibility index (Phi) is 6.06. The van der Waals surface area contributed by atoms with Gasteiger partial charge in [-0.15, -0.1) is 0 Å². The molecule has 28 heavy (non-hydrogen) atoms. The minimum absolute atomic E-state index is 0.103. The SMILES string of the molecule is COCOc1cc(-c2cnc(O[C@H]3C[C@@H](O[Si](C)(C)C(C)(C)C)C3)cn2)on1. The van der Waals surface area contributed by atoms with Crippen molar-refractivity contribution >= 4 is 8.32 Å². The molecular formula is C19H29N3O5Si. The molecule has 0 unspecified atom stereocenters. The van der Waals surface area contributed by atoms with E-state index in [0.29, 0.717) is 23.2 Å². The lowest BCUT2D eigenvalue weighted by molar-refractivity contribution is -0.00545. The fourth-order valence-electron chi connectivity index (χ4n) is 2.55. The lowest BCUT2D eigenvalue weighted by Gasteiger charge is -2.44. The zero-order chi connectivity index (χ0) is 20.4. The van der Waals surface area contributed by atoms with Crippen LogP contribution in [0.2, 0.25) is 18.1 Å². The molecule has 1 aliphatic carbocycles. The summed E-state index contributed by atoms with van der Waals surface area (Å²) in [6, 6.07) is 1.64. The Morgan fingerprint density at radius 2 is 1.86 bits per heavy atom. The Balaban J connectivity index is 1.49. The van der Waals surface area contributed by atoms with Crippen LogP contribution in [-0.4, -0.2) is 49.6 Å². The average Bonchev–Trinajstić information content (AvgIpc) is 3.06. The van der Waals surface area contributed by atoms with Gasteiger partial charge in [0.1, 0.15) is 11.8 Å². The fourth-order valence-corrected chi connectivity index (χ4v) is 3.92. The van der Waals surface area contributed by atoms with E-state index in [1.807, 2.05) is 0 Å². The maximum absolute atomic E-state index is 6.40. The van der Waals surface area contributed by atoms with Crippen molar-refractivity contribution in [3.05, 3.63) is 18.5 Å². The van der Waals surface area contributed by atoms with Gasteiger partial charge in [0.15, 0.2) is 20.9 Å². The quantitative estimate of drug-likeness (QED) is 0.478. The largest absolute Gasteiger partial charge is 0.473 e. The standard InChI is InChI=1S/C19H29N3O5Si/c1-19(2,3)28(5,6)27-14-7-13(8-14)25-18-11-20-15(10-21-18)16-9-17(22-26-16)24-12-23-4/h9-11,13-14H,7-8,12H2,1-6H3/t13-,14+. The summed E-state index contributed by atoms with van der Waals surface area (Å²) in [6.45, 7) is 11.4. The third-order valence-corrected chi connectivity index (χ3v) is 9.84. The van der Waals surface area contributed by atoms with Crippen LogP contribution >= 0.6 is 0 Å². The van der Waals surface area contributed by atoms with Gasteiger partial charge in [0.2, 0.25) is 5.88 Å². The van der Waals surface area contributed by atoms with Gasteiger partial charge < -0.3 is 23.2 Å². The number of ether oxygens (including phenoxy) is 3. The van der Waals surface area contributed by atoms with Crippen molar-refractivity contribution in [2.45, 2.75) is 64.0 Å². The van der Waals surface area contributed by atoms with Crippen LogP contribution in [-0.2, 0) is 9.16 Å². The molecule has 0 aliphatic heterocycles. The smallest absolute Gasteiger partial charge is 0.256 e. The summed E-state index contributed by atoms with van der Waals surface area (Å²) in [5, 5.41) is 4.01. The van der Waals surface area contributed by atoms with Crippen LogP contribution < -0.4 is 9.47 Å². The summed E-state index contributed by atoms with van der Waals surface area (Å²) in [5.41, 5.74) is 0.555. The predicted molar refractivity (Wildman–Crippen MR) is 106 cm³/mol. The van der Waals surface area contributed by atoms with E-state index in [-0.39, 0.29) is 24.0 Å². The highest BCUT2D eigenvalue weighted by atomic mass is 28.4. The van der Waals surface area contributed by atoms with Crippen LogP contribution in [0.3, 0.4) is 0 Å². The molecule has 0 saturated heterocycles. The Bertz CT molecular complexity index is 767. The van der Waals surface area contributed by atoms with E-state index >= 15 is 0 Å². The summed E-state index contributed by atoms with van der Waals surface area (Å²) in [7, 11) is -0.192. The first-order chi connectivity index (χ1) is 13.2. The molecule has 8 nitrogen and oxygen atoms in total. The van der Waals surface area contributed by atoms with Crippen molar-refractivity contribution < 1.29 is 23.2 Å². The van der Waals surface area contributed by atoms with Gasteiger partial charge in [-0.25, -0.2) is 9.97 Å². The molecule has 0 aromatic carbocycles. The molecule has 1 aliphatic rings. The molecule has 0 spiro atoms. The van der Waals surface area contributed by atoms with Crippen molar-refractivity contribution in [2.75, 3.05) is 13.9 Å². The Hall–Kier alpha value is -1.97. The van der Waals surface area contributed by atoms with Gasteiger partial charge in [-0.3, -0.25) is 0 Å². The van der Waals surface area contributed by atoms with E-state index in [2.05, 4.69) is 49.0 Å². The maximum atomic E-state index is 6.40. The van der Waals surface area contributed by atoms with E-state index in [1.165, 1.54) is 7.11 Å². The molecule has 0 N–H and O–H groups in total. The maximum Gasteiger partial charge on any atom is 0.256 e. The molecule has 3 rings (SSSR count). The highest BCUT2D eigenvalue weighted by molar-refractivity contribution is 6.74. The summed E-state index contributed by atoms with van der Waals surface area (Å²) in [5.74, 6) is 1.30. The van der Waals surface area contributed by atoms with Gasteiger partial charge in [-0.1, -0.05) is 20.8 Å². The molecular weight excluding hydrogens is 378 g/mol. The lowest BCUT2D eigenvalue weighted by atomic mass is 9.92. The van der Waals surface area contributed by atoms with Crippen LogP contribution in [0.5, 0.6) is 11.8 Å². The van der Waals surface area contributed by atoms with Gasteiger partial charge in [-0.05, 0) is 23.3 Å². The Morgan fingerprint density at radius 1 is 1.11 bits per heavy atom. The van der Waals surface area contributed by atoms with Crippen LogP contribution in [0.1, 0.15) is 33.6 Å². The van der Waals surface area contributed by atoms with E-state index in [9.17, 15) is 0 Å². The second-order valence-electron chi connectivity index (χ2n) is 8.53. The third kappa shape index (κ3) is 4.89. The first-order valence-electron chi connectivity index (χ1n) is 9.43. The summed E-state index contributed by atoms with van der Waals surface area (Å²) < 4.78 is 27.5. The van der Waals surface area contributed by atoms with Gasteiger partial charge in [0.05, 0.1) is 24.6 Å². The molecule has 0 amide bonds. The molecule has 2 aromatic rings. The summed E-state index contributed by atoms with van der Waals surface area (Å²) in [4.78, 5) is 8.65.